The Bertz CT molecular complexity index is 429. The molecule has 0 aliphatic heterocycles. The van der Waals surface area contributed by atoms with E-state index in [1.54, 1.807) is 0 Å². The van der Waals surface area contributed by atoms with Crippen LogP contribution >= 0.6 is 0 Å². The summed E-state index contributed by atoms with van der Waals surface area (Å²) in [5, 5.41) is 1.35. The van der Waals surface area contributed by atoms with Crippen LogP contribution in [0.4, 0.5) is 0 Å². The summed E-state index contributed by atoms with van der Waals surface area (Å²) < 4.78 is 2.27. The number of fused-ring (bicyclic) bond motifs is 1. The van der Waals surface area contributed by atoms with E-state index in [0.29, 0.717) is 0 Å². The molecule has 0 unspecified atom stereocenters. The van der Waals surface area contributed by atoms with Gasteiger partial charge in [0.2, 0.25) is 0 Å². The summed E-state index contributed by atoms with van der Waals surface area (Å²) in [4.78, 5) is 0. The van der Waals surface area contributed by atoms with Crippen molar-refractivity contribution in [2.75, 3.05) is 6.54 Å². The number of aromatic nitrogens is 1. The molecule has 0 radical (unpaired) electrons. The summed E-state index contributed by atoms with van der Waals surface area (Å²) in [5.74, 6) is 0. The molecule has 2 aromatic rings. The third-order valence-electron chi connectivity index (χ3n) is 2.63. The molecule has 0 saturated carbocycles. The van der Waals surface area contributed by atoms with Crippen LogP contribution in [0.25, 0.3) is 10.9 Å². The Kier molecular flexibility index (Phi) is 2.55. The molecule has 74 valence electrons. The smallest absolute Gasteiger partial charge is 0.0482 e. The second-order valence-electron chi connectivity index (χ2n) is 3.66. The number of nitrogens with two attached hydrogens (primary N) is 1. The van der Waals surface area contributed by atoms with Crippen molar-refractivity contribution in [2.45, 2.75) is 19.9 Å². The molecule has 2 rings (SSSR count). The fourth-order valence-corrected chi connectivity index (χ4v) is 1.83. The van der Waals surface area contributed by atoms with Crippen LogP contribution in [0.2, 0.25) is 0 Å². The molecule has 1 aromatic carbocycles. The minimum atomic E-state index is 0.755. The lowest BCUT2D eigenvalue weighted by molar-refractivity contribution is 0.671. The van der Waals surface area contributed by atoms with Crippen molar-refractivity contribution in [3.63, 3.8) is 0 Å². The molecule has 0 aliphatic rings. The zero-order chi connectivity index (χ0) is 9.97. The number of aryl methyl sites for hydroxylation is 2. The largest absolute Gasteiger partial charge is 0.347 e. The van der Waals surface area contributed by atoms with Crippen LogP contribution in [0.3, 0.4) is 0 Å². The fraction of sp³-hybridized carbons (Fsp3) is 0.333. The average Bonchev–Trinajstić information content (AvgIpc) is 2.60. The number of rotatable bonds is 3. The molecular weight excluding hydrogens is 172 g/mol. The van der Waals surface area contributed by atoms with Crippen LogP contribution in [-0.4, -0.2) is 11.1 Å². The van der Waals surface area contributed by atoms with Crippen molar-refractivity contribution >= 4 is 10.9 Å². The molecule has 0 bridgehead atoms. The van der Waals surface area contributed by atoms with E-state index < -0.39 is 0 Å². The lowest BCUT2D eigenvalue weighted by Crippen LogP contribution is -2.04. The molecule has 0 fully saturated rings. The van der Waals surface area contributed by atoms with Crippen molar-refractivity contribution in [3.8, 4) is 0 Å². The minimum absolute atomic E-state index is 0.755. The second-order valence-corrected chi connectivity index (χ2v) is 3.66. The average molecular weight is 188 g/mol. The normalized spacial score (nSPS) is 11.0. The van der Waals surface area contributed by atoms with Crippen molar-refractivity contribution < 1.29 is 0 Å². The van der Waals surface area contributed by atoms with Crippen LogP contribution in [0, 0.1) is 6.92 Å². The number of nitrogens with zero attached hydrogens (tertiary/aromatic N) is 1. The zero-order valence-electron chi connectivity index (χ0n) is 8.53. The van der Waals surface area contributed by atoms with E-state index >= 15 is 0 Å². The molecule has 0 spiro atoms. The highest BCUT2D eigenvalue weighted by Crippen LogP contribution is 2.19. The second kappa shape index (κ2) is 3.84. The predicted molar refractivity (Wildman–Crippen MR) is 60.3 cm³/mol. The topological polar surface area (TPSA) is 30.9 Å². The van der Waals surface area contributed by atoms with Gasteiger partial charge in [0.05, 0.1) is 0 Å². The van der Waals surface area contributed by atoms with E-state index in [-0.39, 0.29) is 0 Å². The van der Waals surface area contributed by atoms with Crippen molar-refractivity contribution in [1.82, 2.24) is 4.57 Å². The van der Waals surface area contributed by atoms with E-state index in [1.165, 1.54) is 16.5 Å². The molecule has 0 aliphatic carbocycles. The Morgan fingerprint density at radius 1 is 1.29 bits per heavy atom. The quantitative estimate of drug-likeness (QED) is 0.787. The van der Waals surface area contributed by atoms with Gasteiger partial charge in [-0.2, -0.15) is 0 Å². The highest BCUT2D eigenvalue weighted by Gasteiger charge is 2.01. The predicted octanol–water partition coefficient (Wildman–Crippen LogP) is 2.30. The molecule has 2 nitrogen and oxygen atoms in total. The highest BCUT2D eigenvalue weighted by atomic mass is 14.9. The summed E-state index contributed by atoms with van der Waals surface area (Å²) in [5.41, 5.74) is 8.17. The van der Waals surface area contributed by atoms with Crippen LogP contribution in [0.1, 0.15) is 12.0 Å². The first-order valence-corrected chi connectivity index (χ1v) is 5.07. The molecule has 0 saturated heterocycles. The third kappa shape index (κ3) is 1.53. The molecule has 0 amide bonds. The van der Waals surface area contributed by atoms with Crippen LogP contribution in [-0.2, 0) is 6.54 Å². The van der Waals surface area contributed by atoms with Crippen LogP contribution < -0.4 is 5.73 Å². The molecule has 14 heavy (non-hydrogen) atoms. The van der Waals surface area contributed by atoms with Gasteiger partial charge in [-0.1, -0.05) is 12.1 Å². The van der Waals surface area contributed by atoms with Gasteiger partial charge in [0, 0.05) is 23.6 Å². The van der Waals surface area contributed by atoms with Gasteiger partial charge >= 0.3 is 0 Å². The summed E-state index contributed by atoms with van der Waals surface area (Å²) >= 11 is 0. The van der Waals surface area contributed by atoms with Gasteiger partial charge in [0.15, 0.2) is 0 Å². The van der Waals surface area contributed by atoms with Gasteiger partial charge in [0.1, 0.15) is 0 Å². The zero-order valence-corrected chi connectivity index (χ0v) is 8.53. The number of benzene rings is 1. The van der Waals surface area contributed by atoms with Crippen molar-refractivity contribution in [2.24, 2.45) is 5.73 Å². The van der Waals surface area contributed by atoms with E-state index in [4.69, 9.17) is 5.73 Å². The molecule has 1 aromatic heterocycles. The standard InChI is InChI=1S/C12H16N2/c1-10-4-2-5-12-11(10)6-9-14(12)8-3-7-13/h2,4-6,9H,3,7-8,13H2,1H3. The summed E-state index contributed by atoms with van der Waals surface area (Å²) in [6.07, 6.45) is 3.19. The van der Waals surface area contributed by atoms with Gasteiger partial charge in [0.25, 0.3) is 0 Å². The third-order valence-corrected chi connectivity index (χ3v) is 2.63. The molecule has 1 heterocycles. The molecule has 2 heteroatoms. The Morgan fingerprint density at radius 2 is 2.14 bits per heavy atom. The Balaban J connectivity index is 2.42. The maximum atomic E-state index is 5.51. The summed E-state index contributed by atoms with van der Waals surface area (Å²) in [7, 11) is 0. The lowest BCUT2D eigenvalue weighted by Gasteiger charge is -2.04. The minimum Gasteiger partial charge on any atom is -0.347 e. The molecular formula is C12H16N2. The fourth-order valence-electron chi connectivity index (χ4n) is 1.83. The Hall–Kier alpha value is -1.28. The lowest BCUT2D eigenvalue weighted by atomic mass is 10.1. The maximum Gasteiger partial charge on any atom is 0.0482 e. The van der Waals surface area contributed by atoms with E-state index in [1.807, 2.05) is 0 Å². The number of hydrogen-bond donors (Lipinski definition) is 1. The molecule has 0 atom stereocenters. The monoisotopic (exact) mass is 188 g/mol. The summed E-state index contributed by atoms with van der Waals surface area (Å²) in [6, 6.07) is 8.60. The first-order valence-electron chi connectivity index (χ1n) is 5.07. The Morgan fingerprint density at radius 3 is 2.93 bits per heavy atom. The van der Waals surface area contributed by atoms with E-state index in [2.05, 4.69) is 42.0 Å². The van der Waals surface area contributed by atoms with Gasteiger partial charge in [-0.25, -0.2) is 0 Å². The van der Waals surface area contributed by atoms with E-state index in [9.17, 15) is 0 Å². The van der Waals surface area contributed by atoms with Crippen LogP contribution in [0.5, 0.6) is 0 Å². The van der Waals surface area contributed by atoms with Gasteiger partial charge in [-0.05, 0) is 37.6 Å². The first-order chi connectivity index (χ1) is 6.83. The van der Waals surface area contributed by atoms with Crippen molar-refractivity contribution in [1.29, 1.82) is 0 Å². The Labute approximate surface area is 84.3 Å². The SMILES string of the molecule is Cc1cccc2c1ccn2CCCN. The van der Waals surface area contributed by atoms with Crippen molar-refractivity contribution in [3.05, 3.63) is 36.0 Å². The van der Waals surface area contributed by atoms with Gasteiger partial charge in [-0.15, -0.1) is 0 Å². The maximum absolute atomic E-state index is 5.51. The van der Waals surface area contributed by atoms with Gasteiger partial charge < -0.3 is 10.3 Å². The molecule has 2 N–H and O–H groups in total. The van der Waals surface area contributed by atoms with E-state index in [0.717, 1.165) is 19.5 Å². The summed E-state index contributed by atoms with van der Waals surface area (Å²) in [6.45, 7) is 3.92. The highest BCUT2D eigenvalue weighted by molar-refractivity contribution is 5.83. The first kappa shape index (κ1) is 9.28. The van der Waals surface area contributed by atoms with Gasteiger partial charge in [-0.3, -0.25) is 0 Å². The van der Waals surface area contributed by atoms with Crippen LogP contribution in [0.15, 0.2) is 30.5 Å². The number of hydrogen-bond acceptors (Lipinski definition) is 1.